The Morgan fingerprint density at radius 3 is 2.50 bits per heavy atom. The Morgan fingerprint density at radius 1 is 1.06 bits per heavy atom. The number of nitrogens with one attached hydrogen (secondary N) is 2. The van der Waals surface area contributed by atoms with Crippen LogP contribution >= 0.6 is 11.6 Å². The molecule has 0 fully saturated rings. The van der Waals surface area contributed by atoms with Crippen molar-refractivity contribution in [1.29, 1.82) is 0 Å². The summed E-state index contributed by atoms with van der Waals surface area (Å²) < 4.78 is 85.9. The van der Waals surface area contributed by atoms with Gasteiger partial charge in [0.25, 0.3) is 0 Å². The SMILES string of the molecule is FC(F)(F)Oc1ccc(NCc2ccc3cc(-c4nn[nH]n4)oc3c2Cl)cc1C(F)(F)F. The number of rotatable bonds is 5. The second-order valence-corrected chi connectivity index (χ2v) is 6.79. The van der Waals surface area contributed by atoms with Gasteiger partial charge in [-0.2, -0.15) is 18.4 Å². The highest BCUT2D eigenvalue weighted by Gasteiger charge is 2.39. The average molecular weight is 478 g/mol. The van der Waals surface area contributed by atoms with E-state index in [2.05, 4.69) is 30.7 Å². The van der Waals surface area contributed by atoms with Crippen molar-refractivity contribution in [3.8, 4) is 17.3 Å². The summed E-state index contributed by atoms with van der Waals surface area (Å²) in [5.74, 6) is -0.840. The van der Waals surface area contributed by atoms with Crippen LogP contribution in [0.1, 0.15) is 11.1 Å². The van der Waals surface area contributed by atoms with Gasteiger partial charge in [-0.15, -0.1) is 23.4 Å². The summed E-state index contributed by atoms with van der Waals surface area (Å²) in [5, 5.41) is 16.8. The number of fused-ring (bicyclic) bond motifs is 1. The maximum Gasteiger partial charge on any atom is 0.573 e. The summed E-state index contributed by atoms with van der Waals surface area (Å²) in [6.45, 7) is -0.0379. The molecule has 0 unspecified atom stereocenters. The van der Waals surface area contributed by atoms with Crippen molar-refractivity contribution in [3.63, 3.8) is 0 Å². The van der Waals surface area contributed by atoms with E-state index in [1.165, 1.54) is 0 Å². The number of aromatic amines is 1. The fourth-order valence-corrected chi connectivity index (χ4v) is 3.17. The number of aromatic nitrogens is 4. The molecule has 2 aromatic heterocycles. The van der Waals surface area contributed by atoms with Crippen LogP contribution in [0.15, 0.2) is 40.8 Å². The lowest BCUT2D eigenvalue weighted by molar-refractivity contribution is -0.276. The van der Waals surface area contributed by atoms with Crippen LogP contribution in [0.4, 0.5) is 32.0 Å². The topological polar surface area (TPSA) is 88.9 Å². The van der Waals surface area contributed by atoms with Crippen molar-refractivity contribution in [2.45, 2.75) is 19.1 Å². The first-order chi connectivity index (χ1) is 15.0. The van der Waals surface area contributed by atoms with E-state index in [-0.39, 0.29) is 23.1 Å². The summed E-state index contributed by atoms with van der Waals surface area (Å²) in [7, 11) is 0. The van der Waals surface area contributed by atoms with Crippen LogP contribution in [0.25, 0.3) is 22.6 Å². The summed E-state index contributed by atoms with van der Waals surface area (Å²) >= 11 is 6.36. The minimum absolute atomic E-state index is 0.0379. The van der Waals surface area contributed by atoms with Gasteiger partial charge in [0.05, 0.1) is 10.6 Å². The second kappa shape index (κ2) is 7.89. The molecule has 14 heteroatoms. The fraction of sp³-hybridized carbons (Fsp3) is 0.167. The molecule has 4 aromatic rings. The number of anilines is 1. The van der Waals surface area contributed by atoms with Gasteiger partial charge in [0.1, 0.15) is 5.75 Å². The van der Waals surface area contributed by atoms with Gasteiger partial charge in [-0.3, -0.25) is 0 Å². The molecule has 0 saturated heterocycles. The predicted octanol–water partition coefficient (Wildman–Crippen LogP) is 5.80. The second-order valence-electron chi connectivity index (χ2n) is 6.41. The van der Waals surface area contributed by atoms with Crippen LogP contribution in [-0.2, 0) is 12.7 Å². The molecule has 168 valence electrons. The minimum atomic E-state index is -5.26. The van der Waals surface area contributed by atoms with Crippen molar-refractivity contribution in [2.75, 3.05) is 5.32 Å². The Balaban J connectivity index is 1.58. The zero-order valence-electron chi connectivity index (χ0n) is 15.5. The van der Waals surface area contributed by atoms with E-state index >= 15 is 0 Å². The number of tetrazole rings is 1. The van der Waals surface area contributed by atoms with Gasteiger partial charge in [-0.1, -0.05) is 23.7 Å². The first kappa shape index (κ1) is 21.7. The molecule has 2 aromatic carbocycles. The summed E-state index contributed by atoms with van der Waals surface area (Å²) in [6.07, 6.45) is -10.3. The van der Waals surface area contributed by atoms with Gasteiger partial charge in [0.15, 0.2) is 11.3 Å². The first-order valence-electron chi connectivity index (χ1n) is 8.67. The summed E-state index contributed by atoms with van der Waals surface area (Å²) in [5.41, 5.74) is -0.889. The third kappa shape index (κ3) is 4.56. The highest BCUT2D eigenvalue weighted by molar-refractivity contribution is 6.35. The summed E-state index contributed by atoms with van der Waals surface area (Å²) in [6, 6.07) is 7.08. The predicted molar refractivity (Wildman–Crippen MR) is 99.8 cm³/mol. The number of benzene rings is 2. The Kier molecular flexibility index (Phi) is 5.36. The number of halogens is 7. The van der Waals surface area contributed by atoms with Crippen molar-refractivity contribution in [1.82, 2.24) is 20.6 Å². The smallest absolute Gasteiger partial charge is 0.451 e. The normalized spacial score (nSPS) is 12.3. The third-order valence-corrected chi connectivity index (χ3v) is 4.68. The lowest BCUT2D eigenvalue weighted by Gasteiger charge is -2.17. The molecule has 2 N–H and O–H groups in total. The number of hydrogen-bond acceptors (Lipinski definition) is 6. The van der Waals surface area contributed by atoms with Gasteiger partial charge < -0.3 is 14.5 Å². The molecule has 0 aliphatic heterocycles. The minimum Gasteiger partial charge on any atom is -0.451 e. The Labute approximate surface area is 179 Å². The number of nitrogens with zero attached hydrogens (tertiary/aromatic N) is 3. The number of alkyl halides is 6. The standard InChI is InChI=1S/C18H10ClF6N5O2/c19-14-9(2-1-8-5-13(31-15(8)14)16-27-29-30-28-16)7-26-10-3-4-12(32-18(23,24)25)11(6-10)17(20,21)22/h1-6,26H,7H2,(H,27,28,29,30). The van der Waals surface area contributed by atoms with E-state index in [9.17, 15) is 26.3 Å². The number of hydrogen-bond donors (Lipinski definition) is 2. The molecule has 32 heavy (non-hydrogen) atoms. The number of H-pyrrole nitrogens is 1. The Morgan fingerprint density at radius 2 is 1.84 bits per heavy atom. The molecular formula is C18H10ClF6N5O2. The molecule has 0 spiro atoms. The largest absolute Gasteiger partial charge is 0.573 e. The monoisotopic (exact) mass is 477 g/mol. The van der Waals surface area contributed by atoms with E-state index in [4.69, 9.17) is 16.0 Å². The maximum absolute atomic E-state index is 13.2. The Hall–Kier alpha value is -3.48. The highest BCUT2D eigenvalue weighted by Crippen LogP contribution is 2.40. The number of furan rings is 1. The van der Waals surface area contributed by atoms with Gasteiger partial charge in [-0.05, 0) is 35.0 Å². The van der Waals surface area contributed by atoms with E-state index < -0.39 is 23.9 Å². The van der Waals surface area contributed by atoms with Crippen LogP contribution in [0.3, 0.4) is 0 Å². The van der Waals surface area contributed by atoms with E-state index in [0.717, 1.165) is 6.07 Å². The van der Waals surface area contributed by atoms with Crippen LogP contribution in [0, 0.1) is 0 Å². The molecule has 0 radical (unpaired) electrons. The molecule has 4 rings (SSSR count). The van der Waals surface area contributed by atoms with Crippen molar-refractivity contribution in [2.24, 2.45) is 0 Å². The zero-order valence-corrected chi connectivity index (χ0v) is 16.2. The molecule has 7 nitrogen and oxygen atoms in total. The molecule has 0 bridgehead atoms. The highest BCUT2D eigenvalue weighted by atomic mass is 35.5. The molecule has 0 atom stereocenters. The molecular weight excluding hydrogens is 468 g/mol. The third-order valence-electron chi connectivity index (χ3n) is 4.27. The van der Waals surface area contributed by atoms with E-state index in [0.29, 0.717) is 34.4 Å². The molecule has 0 aliphatic rings. The van der Waals surface area contributed by atoms with Gasteiger partial charge >= 0.3 is 12.5 Å². The van der Waals surface area contributed by atoms with Crippen LogP contribution < -0.4 is 10.1 Å². The van der Waals surface area contributed by atoms with Gasteiger partial charge in [-0.25, -0.2) is 0 Å². The summed E-state index contributed by atoms with van der Waals surface area (Å²) in [4.78, 5) is 0. The zero-order chi connectivity index (χ0) is 23.1. The molecule has 0 amide bonds. The van der Waals surface area contributed by atoms with Crippen molar-refractivity contribution >= 4 is 28.3 Å². The fourth-order valence-electron chi connectivity index (χ4n) is 2.90. The average Bonchev–Trinajstić information content (AvgIpc) is 3.36. The van der Waals surface area contributed by atoms with E-state index in [1.807, 2.05) is 0 Å². The van der Waals surface area contributed by atoms with Crippen LogP contribution in [0.2, 0.25) is 5.02 Å². The molecule has 0 saturated carbocycles. The first-order valence-corrected chi connectivity index (χ1v) is 9.04. The Bertz CT molecular complexity index is 1250. The van der Waals surface area contributed by atoms with E-state index in [1.54, 1.807) is 18.2 Å². The molecule has 2 heterocycles. The molecule has 0 aliphatic carbocycles. The lowest BCUT2D eigenvalue weighted by atomic mass is 10.1. The van der Waals surface area contributed by atoms with Crippen LogP contribution in [-0.4, -0.2) is 27.0 Å². The lowest BCUT2D eigenvalue weighted by Crippen LogP contribution is -2.20. The number of ether oxygens (including phenoxy) is 1. The van der Waals surface area contributed by atoms with Crippen molar-refractivity contribution < 1.29 is 35.5 Å². The van der Waals surface area contributed by atoms with Crippen LogP contribution in [0.5, 0.6) is 5.75 Å². The maximum atomic E-state index is 13.2. The van der Waals surface area contributed by atoms with Gasteiger partial charge in [0, 0.05) is 17.6 Å². The van der Waals surface area contributed by atoms with Gasteiger partial charge in [0.2, 0.25) is 5.82 Å². The van der Waals surface area contributed by atoms with Crippen molar-refractivity contribution in [3.05, 3.63) is 52.5 Å². The quantitative estimate of drug-likeness (QED) is 0.353.